The third-order valence-electron chi connectivity index (χ3n) is 4.69. The van der Waals surface area contributed by atoms with Crippen LogP contribution in [-0.4, -0.2) is 51.6 Å². The number of nitrogens with zero attached hydrogens (tertiary/aromatic N) is 3. The molecular weight excluding hydrogens is 342 g/mol. The second-order valence-corrected chi connectivity index (χ2v) is 7.54. The van der Waals surface area contributed by atoms with E-state index in [1.165, 1.54) is 12.8 Å². The van der Waals surface area contributed by atoms with Gasteiger partial charge < -0.3 is 10.4 Å². The Hall–Kier alpha value is -2.18. The molecule has 2 aliphatic carbocycles. The number of nitrogens with one attached hydrogen (secondary N) is 2. The lowest BCUT2D eigenvalue weighted by molar-refractivity contribution is -0.139. The number of aryl methyl sites for hydroxylation is 1. The van der Waals surface area contributed by atoms with Crippen LogP contribution < -0.4 is 10.6 Å². The molecule has 25 heavy (non-hydrogen) atoms. The molecule has 2 fully saturated rings. The summed E-state index contributed by atoms with van der Waals surface area (Å²) in [5.41, 5.74) is 1.000. The van der Waals surface area contributed by atoms with E-state index in [1.807, 2.05) is 11.0 Å². The van der Waals surface area contributed by atoms with E-state index in [0.717, 1.165) is 30.9 Å². The maximum atomic E-state index is 12.1. The van der Waals surface area contributed by atoms with Gasteiger partial charge in [-0.15, -0.1) is 0 Å². The normalized spacial score (nSPS) is 22.1. The van der Waals surface area contributed by atoms with Gasteiger partial charge in [-0.1, -0.05) is 0 Å². The highest BCUT2D eigenvalue weighted by atomic mass is 32.1. The highest BCUT2D eigenvalue weighted by Gasteiger charge is 2.37. The summed E-state index contributed by atoms with van der Waals surface area (Å²) in [5, 5.41) is 24.1. The average molecular weight is 363 g/mol. The van der Waals surface area contributed by atoms with Crippen molar-refractivity contribution in [3.8, 4) is 6.07 Å². The minimum atomic E-state index is -0.806. The van der Waals surface area contributed by atoms with Crippen molar-refractivity contribution in [2.75, 3.05) is 18.4 Å². The summed E-state index contributed by atoms with van der Waals surface area (Å²) in [4.78, 5) is 25.1. The van der Waals surface area contributed by atoms with Crippen LogP contribution in [0.15, 0.2) is 0 Å². The standard InChI is InChI=1S/C16H21N5O3S/c1-9-13(6-17)15(25-20-9)19-16(24)18-11-4-12(5-11)21(8-14(22)23)7-10-2-3-10/h10-12H,2-5,7-8H2,1H3,(H,22,23)(H2,18,19,24). The minimum Gasteiger partial charge on any atom is -0.480 e. The number of carboxylic acids is 1. The van der Waals surface area contributed by atoms with Crippen molar-refractivity contribution in [2.24, 2.45) is 5.92 Å². The maximum absolute atomic E-state index is 12.1. The van der Waals surface area contributed by atoms with Gasteiger partial charge in [0, 0.05) is 18.6 Å². The molecule has 9 heteroatoms. The largest absolute Gasteiger partial charge is 0.480 e. The van der Waals surface area contributed by atoms with Crippen LogP contribution in [0.3, 0.4) is 0 Å². The van der Waals surface area contributed by atoms with Crippen LogP contribution in [-0.2, 0) is 4.79 Å². The van der Waals surface area contributed by atoms with Gasteiger partial charge in [-0.2, -0.15) is 9.64 Å². The lowest BCUT2D eigenvalue weighted by atomic mass is 9.85. The number of aromatic nitrogens is 1. The van der Waals surface area contributed by atoms with E-state index in [4.69, 9.17) is 10.4 Å². The average Bonchev–Trinajstić information content (AvgIpc) is 3.24. The van der Waals surface area contributed by atoms with Crippen molar-refractivity contribution in [2.45, 2.75) is 44.7 Å². The van der Waals surface area contributed by atoms with Crippen LogP contribution in [0.4, 0.5) is 9.80 Å². The second-order valence-electron chi connectivity index (χ2n) is 6.77. The quantitative estimate of drug-likeness (QED) is 0.679. The van der Waals surface area contributed by atoms with Crippen LogP contribution in [0.2, 0.25) is 0 Å². The zero-order valence-corrected chi connectivity index (χ0v) is 14.8. The minimum absolute atomic E-state index is 0.0278. The first-order chi connectivity index (χ1) is 12.0. The van der Waals surface area contributed by atoms with Gasteiger partial charge in [0.05, 0.1) is 12.2 Å². The lowest BCUT2D eigenvalue weighted by Gasteiger charge is -2.42. The summed E-state index contributed by atoms with van der Waals surface area (Å²) in [6.45, 7) is 2.62. The monoisotopic (exact) mass is 363 g/mol. The van der Waals surface area contributed by atoms with E-state index in [1.54, 1.807) is 6.92 Å². The fraction of sp³-hybridized carbons (Fsp3) is 0.625. The third kappa shape index (κ3) is 4.46. The Morgan fingerprint density at radius 3 is 2.76 bits per heavy atom. The summed E-state index contributed by atoms with van der Waals surface area (Å²) in [6.07, 6.45) is 3.87. The molecule has 2 amide bonds. The van der Waals surface area contributed by atoms with Crippen LogP contribution >= 0.6 is 11.5 Å². The van der Waals surface area contributed by atoms with Crippen molar-refractivity contribution < 1.29 is 14.7 Å². The number of hydrogen-bond donors (Lipinski definition) is 3. The molecule has 0 radical (unpaired) electrons. The molecule has 0 aromatic carbocycles. The Labute approximate surface area is 150 Å². The molecule has 2 saturated carbocycles. The Balaban J connectivity index is 1.46. The first-order valence-electron chi connectivity index (χ1n) is 8.36. The van der Waals surface area contributed by atoms with Crippen LogP contribution in [0.25, 0.3) is 0 Å². The summed E-state index contributed by atoms with van der Waals surface area (Å²) < 4.78 is 4.06. The molecule has 8 nitrogen and oxygen atoms in total. The molecule has 1 aromatic rings. The van der Waals surface area contributed by atoms with Crippen molar-refractivity contribution in [1.82, 2.24) is 14.6 Å². The molecule has 134 valence electrons. The fourth-order valence-electron chi connectivity index (χ4n) is 3.06. The Morgan fingerprint density at radius 1 is 1.44 bits per heavy atom. The zero-order chi connectivity index (χ0) is 18.0. The number of carbonyl (C=O) groups is 2. The number of amides is 2. The molecule has 0 unspecified atom stereocenters. The number of carboxylic acid groups (broad SMARTS) is 1. The zero-order valence-electron chi connectivity index (χ0n) is 14.0. The fourth-order valence-corrected chi connectivity index (χ4v) is 3.81. The Kier molecular flexibility index (Phi) is 5.20. The number of urea groups is 1. The van der Waals surface area contributed by atoms with Crippen molar-refractivity contribution >= 4 is 28.5 Å². The summed E-state index contributed by atoms with van der Waals surface area (Å²) in [5.74, 6) is -0.173. The number of nitriles is 1. The van der Waals surface area contributed by atoms with Gasteiger partial charge in [0.2, 0.25) is 0 Å². The van der Waals surface area contributed by atoms with E-state index < -0.39 is 5.97 Å². The number of aliphatic carboxylic acids is 1. The molecule has 0 saturated heterocycles. The highest BCUT2D eigenvalue weighted by Crippen LogP contribution is 2.33. The number of carbonyl (C=O) groups excluding carboxylic acids is 1. The van der Waals surface area contributed by atoms with Gasteiger partial charge in [-0.25, -0.2) is 4.79 Å². The first-order valence-corrected chi connectivity index (χ1v) is 9.13. The van der Waals surface area contributed by atoms with Crippen molar-refractivity contribution in [1.29, 1.82) is 5.26 Å². The van der Waals surface area contributed by atoms with Crippen LogP contribution in [0.5, 0.6) is 0 Å². The van der Waals surface area contributed by atoms with Gasteiger partial charge >= 0.3 is 12.0 Å². The van der Waals surface area contributed by atoms with Gasteiger partial charge in [-0.3, -0.25) is 15.0 Å². The summed E-state index contributed by atoms with van der Waals surface area (Å²) in [6, 6.07) is 1.92. The molecular formula is C16H21N5O3S. The van der Waals surface area contributed by atoms with Crippen molar-refractivity contribution in [3.63, 3.8) is 0 Å². The van der Waals surface area contributed by atoms with E-state index in [2.05, 4.69) is 15.0 Å². The molecule has 2 aliphatic rings. The predicted octanol–water partition coefficient (Wildman–Crippen LogP) is 1.77. The predicted molar refractivity (Wildman–Crippen MR) is 92.5 cm³/mol. The number of anilines is 1. The van der Waals surface area contributed by atoms with E-state index in [9.17, 15) is 9.59 Å². The highest BCUT2D eigenvalue weighted by molar-refractivity contribution is 7.10. The third-order valence-corrected chi connectivity index (χ3v) is 5.55. The molecule has 0 spiro atoms. The van der Waals surface area contributed by atoms with Crippen LogP contribution in [0.1, 0.15) is 36.9 Å². The van der Waals surface area contributed by atoms with Gasteiger partial charge in [0.15, 0.2) is 0 Å². The van der Waals surface area contributed by atoms with E-state index in [0.29, 0.717) is 22.2 Å². The maximum Gasteiger partial charge on any atom is 0.320 e. The van der Waals surface area contributed by atoms with Gasteiger partial charge in [-0.05, 0) is 50.1 Å². The topological polar surface area (TPSA) is 118 Å². The lowest BCUT2D eigenvalue weighted by Crippen LogP contribution is -2.55. The molecule has 0 atom stereocenters. The Morgan fingerprint density at radius 2 is 2.16 bits per heavy atom. The SMILES string of the molecule is Cc1nsc(NC(=O)NC2CC(N(CC(=O)O)CC3CC3)C2)c1C#N. The van der Waals surface area contributed by atoms with E-state index in [-0.39, 0.29) is 24.7 Å². The Bertz CT molecular complexity index is 703. The summed E-state index contributed by atoms with van der Waals surface area (Å²) in [7, 11) is 0. The molecule has 1 heterocycles. The van der Waals surface area contributed by atoms with E-state index >= 15 is 0 Å². The smallest absolute Gasteiger partial charge is 0.320 e. The van der Waals surface area contributed by atoms with Gasteiger partial charge in [0.1, 0.15) is 16.6 Å². The second kappa shape index (κ2) is 7.37. The van der Waals surface area contributed by atoms with Crippen LogP contribution in [0, 0.1) is 24.2 Å². The molecule has 1 aromatic heterocycles. The number of hydrogen-bond acceptors (Lipinski definition) is 6. The summed E-state index contributed by atoms with van der Waals surface area (Å²) >= 11 is 1.09. The first kappa shape index (κ1) is 17.6. The molecule has 3 rings (SSSR count). The molecule has 0 aliphatic heterocycles. The van der Waals surface area contributed by atoms with Crippen molar-refractivity contribution in [3.05, 3.63) is 11.3 Å². The molecule has 3 N–H and O–H groups in total. The van der Waals surface area contributed by atoms with Gasteiger partial charge in [0.25, 0.3) is 0 Å². The molecule has 0 bridgehead atoms. The number of rotatable bonds is 7.